The molecule has 6 nitrogen and oxygen atoms in total. The van der Waals surface area contributed by atoms with E-state index in [4.69, 9.17) is 4.74 Å². The van der Waals surface area contributed by atoms with E-state index < -0.39 is 0 Å². The van der Waals surface area contributed by atoms with Gasteiger partial charge in [-0.25, -0.2) is 4.98 Å². The highest BCUT2D eigenvalue weighted by Gasteiger charge is 2.32. The normalized spacial score (nSPS) is 20.2. The number of hydrogen-bond donors (Lipinski definition) is 1. The van der Waals surface area contributed by atoms with Crippen molar-refractivity contribution in [3.63, 3.8) is 0 Å². The number of ether oxygens (including phenoxy) is 1. The van der Waals surface area contributed by atoms with Gasteiger partial charge in [0.2, 0.25) is 0 Å². The van der Waals surface area contributed by atoms with Gasteiger partial charge in [-0.2, -0.15) is 5.10 Å². The molecular formula is C19H23N5O. The van der Waals surface area contributed by atoms with Crippen molar-refractivity contribution in [3.05, 3.63) is 66.5 Å². The highest BCUT2D eigenvalue weighted by atomic mass is 16.5. The molecule has 4 rings (SSSR count). The fourth-order valence-electron chi connectivity index (χ4n) is 3.31. The van der Waals surface area contributed by atoms with Crippen LogP contribution in [0.4, 0.5) is 0 Å². The zero-order valence-electron chi connectivity index (χ0n) is 14.4. The molecule has 1 saturated heterocycles. The van der Waals surface area contributed by atoms with Crippen LogP contribution in [0.5, 0.6) is 0 Å². The zero-order chi connectivity index (χ0) is 17.1. The first-order valence-electron chi connectivity index (χ1n) is 8.80. The van der Waals surface area contributed by atoms with Gasteiger partial charge in [0, 0.05) is 55.6 Å². The van der Waals surface area contributed by atoms with Gasteiger partial charge in [-0.15, -0.1) is 0 Å². The van der Waals surface area contributed by atoms with Crippen molar-refractivity contribution in [2.75, 3.05) is 6.61 Å². The van der Waals surface area contributed by atoms with Crippen molar-refractivity contribution in [3.8, 4) is 5.69 Å². The van der Waals surface area contributed by atoms with E-state index in [0.717, 1.165) is 37.6 Å². The molecule has 1 aromatic carbocycles. The Morgan fingerprint density at radius 1 is 1.28 bits per heavy atom. The first kappa shape index (κ1) is 16.1. The van der Waals surface area contributed by atoms with Crippen LogP contribution in [0.25, 0.3) is 5.69 Å². The maximum absolute atomic E-state index is 6.02. The molecule has 25 heavy (non-hydrogen) atoms. The number of nitrogens with one attached hydrogen (secondary N) is 1. The van der Waals surface area contributed by atoms with Crippen molar-refractivity contribution in [1.82, 2.24) is 24.6 Å². The molecule has 1 aliphatic rings. The van der Waals surface area contributed by atoms with Crippen molar-refractivity contribution >= 4 is 0 Å². The first-order valence-corrected chi connectivity index (χ1v) is 8.80. The van der Waals surface area contributed by atoms with Crippen LogP contribution in [0.2, 0.25) is 0 Å². The van der Waals surface area contributed by atoms with E-state index in [-0.39, 0.29) is 12.1 Å². The third-order valence-electron chi connectivity index (χ3n) is 4.63. The Labute approximate surface area is 147 Å². The van der Waals surface area contributed by atoms with Crippen molar-refractivity contribution in [1.29, 1.82) is 0 Å². The summed E-state index contributed by atoms with van der Waals surface area (Å²) in [7, 11) is 0. The van der Waals surface area contributed by atoms with Crippen molar-refractivity contribution < 1.29 is 4.74 Å². The molecule has 2 aromatic heterocycles. The Bertz CT molecular complexity index is 810. The summed E-state index contributed by atoms with van der Waals surface area (Å²) in [6.07, 6.45) is 8.78. The Morgan fingerprint density at radius 2 is 2.16 bits per heavy atom. The van der Waals surface area contributed by atoms with Crippen LogP contribution in [-0.2, 0) is 17.8 Å². The lowest BCUT2D eigenvalue weighted by Crippen LogP contribution is -2.32. The van der Waals surface area contributed by atoms with E-state index in [9.17, 15) is 0 Å². The quantitative estimate of drug-likeness (QED) is 0.751. The molecule has 130 valence electrons. The summed E-state index contributed by atoms with van der Waals surface area (Å²) in [5.74, 6) is 0.949. The summed E-state index contributed by atoms with van der Waals surface area (Å²) in [6.45, 7) is 4.52. The van der Waals surface area contributed by atoms with Crippen LogP contribution in [0.3, 0.4) is 0 Å². The number of para-hydroxylation sites is 1. The molecule has 0 bridgehead atoms. The second-order valence-corrected chi connectivity index (χ2v) is 6.26. The minimum atomic E-state index is -0.0450. The Kier molecular flexibility index (Phi) is 4.63. The smallest absolute Gasteiger partial charge is 0.144 e. The molecule has 1 fully saturated rings. The molecular weight excluding hydrogens is 314 g/mol. The summed E-state index contributed by atoms with van der Waals surface area (Å²) in [5, 5.41) is 7.95. The molecule has 3 heterocycles. The second-order valence-electron chi connectivity index (χ2n) is 6.26. The molecule has 0 unspecified atom stereocenters. The molecule has 0 amide bonds. The lowest BCUT2D eigenvalue weighted by Gasteiger charge is -2.20. The molecule has 1 aliphatic heterocycles. The first-order chi connectivity index (χ1) is 12.3. The van der Waals surface area contributed by atoms with E-state index in [1.54, 1.807) is 0 Å². The second kappa shape index (κ2) is 7.21. The molecule has 3 aromatic rings. The van der Waals surface area contributed by atoms with Gasteiger partial charge in [0.1, 0.15) is 11.9 Å². The highest BCUT2D eigenvalue weighted by molar-refractivity contribution is 5.33. The maximum atomic E-state index is 6.02. The highest BCUT2D eigenvalue weighted by Crippen LogP contribution is 2.29. The van der Waals surface area contributed by atoms with Gasteiger partial charge in [0.05, 0.1) is 6.20 Å². The molecule has 1 N–H and O–H groups in total. The molecule has 0 spiro atoms. The SMILES string of the molecule is CCn1cc(CN[C@H]2CCO[C@@H]2c2nccn2-c2ccccc2)cn1. The van der Waals surface area contributed by atoms with Gasteiger partial charge in [-0.1, -0.05) is 18.2 Å². The fourth-order valence-corrected chi connectivity index (χ4v) is 3.31. The summed E-state index contributed by atoms with van der Waals surface area (Å²) in [5.41, 5.74) is 2.30. The van der Waals surface area contributed by atoms with Crippen LogP contribution >= 0.6 is 0 Å². The minimum Gasteiger partial charge on any atom is -0.369 e. The lowest BCUT2D eigenvalue weighted by atomic mass is 10.1. The molecule has 0 radical (unpaired) electrons. The van der Waals surface area contributed by atoms with Crippen LogP contribution in [0.1, 0.15) is 30.8 Å². The number of benzene rings is 1. The third-order valence-corrected chi connectivity index (χ3v) is 4.63. The predicted molar refractivity (Wildman–Crippen MR) is 95.4 cm³/mol. The monoisotopic (exact) mass is 337 g/mol. The Hall–Kier alpha value is -2.44. The van der Waals surface area contributed by atoms with E-state index in [0.29, 0.717) is 0 Å². The molecule has 0 aliphatic carbocycles. The largest absolute Gasteiger partial charge is 0.369 e. The van der Waals surface area contributed by atoms with Gasteiger partial charge in [0.15, 0.2) is 0 Å². The van der Waals surface area contributed by atoms with Crippen molar-refractivity contribution in [2.45, 2.75) is 38.6 Å². The number of aryl methyl sites for hydroxylation is 1. The standard InChI is InChI=1S/C19H23N5O/c1-2-23-14-15(13-22-23)12-21-17-8-11-25-18(17)19-20-9-10-24(19)16-6-4-3-5-7-16/h3-7,9-10,13-14,17-18,21H,2,8,11-12H2,1H3/t17-,18-/m0/s1. The van der Waals surface area contributed by atoms with E-state index in [2.05, 4.69) is 45.2 Å². The number of imidazole rings is 1. The van der Waals surface area contributed by atoms with Crippen LogP contribution < -0.4 is 5.32 Å². The van der Waals surface area contributed by atoms with Gasteiger partial charge >= 0.3 is 0 Å². The Morgan fingerprint density at radius 3 is 2.96 bits per heavy atom. The van der Waals surface area contributed by atoms with Crippen LogP contribution in [0.15, 0.2) is 55.1 Å². The fraction of sp³-hybridized carbons (Fsp3) is 0.368. The lowest BCUT2D eigenvalue weighted by molar-refractivity contribution is 0.0903. The zero-order valence-corrected chi connectivity index (χ0v) is 14.4. The summed E-state index contributed by atoms with van der Waals surface area (Å²) >= 11 is 0. The predicted octanol–water partition coefficient (Wildman–Crippen LogP) is 2.71. The summed E-state index contributed by atoms with van der Waals surface area (Å²) < 4.78 is 10.1. The number of hydrogen-bond acceptors (Lipinski definition) is 4. The van der Waals surface area contributed by atoms with E-state index >= 15 is 0 Å². The minimum absolute atomic E-state index is 0.0450. The van der Waals surface area contributed by atoms with E-state index in [1.165, 1.54) is 5.56 Å². The third kappa shape index (κ3) is 3.36. The average molecular weight is 337 g/mol. The summed E-state index contributed by atoms with van der Waals surface area (Å²) in [4.78, 5) is 4.58. The van der Waals surface area contributed by atoms with Gasteiger partial charge in [0.25, 0.3) is 0 Å². The number of rotatable bonds is 6. The molecule has 0 saturated carbocycles. The van der Waals surface area contributed by atoms with E-state index in [1.807, 2.05) is 41.5 Å². The van der Waals surface area contributed by atoms with Gasteiger partial charge < -0.3 is 14.6 Å². The molecule has 2 atom stereocenters. The number of aromatic nitrogens is 4. The summed E-state index contributed by atoms with van der Waals surface area (Å²) in [6, 6.07) is 10.5. The maximum Gasteiger partial charge on any atom is 0.144 e. The van der Waals surface area contributed by atoms with Crippen LogP contribution in [-0.4, -0.2) is 32.0 Å². The number of nitrogens with zero attached hydrogens (tertiary/aromatic N) is 4. The average Bonchev–Trinajstić information content (AvgIpc) is 3.39. The van der Waals surface area contributed by atoms with Crippen molar-refractivity contribution in [2.24, 2.45) is 0 Å². The Balaban J connectivity index is 1.49. The van der Waals surface area contributed by atoms with Gasteiger partial charge in [-0.05, 0) is 25.5 Å². The molecule has 6 heteroatoms. The topological polar surface area (TPSA) is 56.9 Å². The van der Waals surface area contributed by atoms with Gasteiger partial charge in [-0.3, -0.25) is 4.68 Å². The van der Waals surface area contributed by atoms with Crippen LogP contribution in [0, 0.1) is 0 Å².